The topological polar surface area (TPSA) is 52.2 Å². The number of fused-ring (bicyclic) bond motifs is 1. The number of likely N-dealkylation sites (tertiary alicyclic amines) is 1. The molecule has 5 rings (SSSR count). The number of carbonyl (C=O) groups is 1. The molecule has 1 aliphatic rings. The average Bonchev–Trinajstić information content (AvgIpc) is 3.43. The van der Waals surface area contributed by atoms with Crippen molar-refractivity contribution in [3.8, 4) is 0 Å². The molecule has 0 unspecified atom stereocenters. The second-order valence-electron chi connectivity index (χ2n) is 10.8. The summed E-state index contributed by atoms with van der Waals surface area (Å²) in [4.78, 5) is 25.9. The number of amides is 1. The number of H-pyrrole nitrogens is 1. The highest BCUT2D eigenvalue weighted by atomic mass is 16.2. The lowest BCUT2D eigenvalue weighted by Crippen LogP contribution is -2.42. The highest BCUT2D eigenvalue weighted by Crippen LogP contribution is 2.36. The summed E-state index contributed by atoms with van der Waals surface area (Å²) in [6.07, 6.45) is 5.89. The zero-order chi connectivity index (χ0) is 26.6. The van der Waals surface area contributed by atoms with Crippen molar-refractivity contribution in [2.75, 3.05) is 13.1 Å². The summed E-state index contributed by atoms with van der Waals surface area (Å²) in [7, 11) is 0. The molecule has 0 bridgehead atoms. The fourth-order valence-electron chi connectivity index (χ4n) is 5.79. The molecule has 5 heteroatoms. The summed E-state index contributed by atoms with van der Waals surface area (Å²) >= 11 is 0. The maximum atomic E-state index is 13.3. The number of nitrogens with zero attached hydrogens (tertiary/aromatic N) is 3. The Balaban J connectivity index is 1.51. The van der Waals surface area contributed by atoms with Crippen LogP contribution in [0.4, 0.5) is 0 Å². The summed E-state index contributed by atoms with van der Waals surface area (Å²) in [5.74, 6) is 0.0835. The van der Waals surface area contributed by atoms with Gasteiger partial charge in [0, 0.05) is 66.3 Å². The number of piperidine rings is 1. The molecule has 2 aromatic heterocycles. The SMILES string of the molecule is CC(C)N(C(=O)c1ccc(C(=C2CCN(Cc3ccc[nH]3)CC2)c2cccc3cccnc23)cc1)C(C)C. The predicted molar refractivity (Wildman–Crippen MR) is 156 cm³/mol. The van der Waals surface area contributed by atoms with E-state index < -0.39 is 0 Å². The summed E-state index contributed by atoms with van der Waals surface area (Å²) in [5.41, 5.74) is 8.05. The van der Waals surface area contributed by atoms with E-state index in [1.165, 1.54) is 22.4 Å². The van der Waals surface area contributed by atoms with Crippen LogP contribution in [-0.2, 0) is 6.54 Å². The van der Waals surface area contributed by atoms with Gasteiger partial charge >= 0.3 is 0 Å². The van der Waals surface area contributed by atoms with Gasteiger partial charge in [0.15, 0.2) is 0 Å². The van der Waals surface area contributed by atoms with Crippen LogP contribution in [0.1, 0.15) is 67.7 Å². The van der Waals surface area contributed by atoms with Gasteiger partial charge in [0.2, 0.25) is 0 Å². The molecule has 196 valence electrons. The second-order valence-corrected chi connectivity index (χ2v) is 10.8. The van der Waals surface area contributed by atoms with Crippen LogP contribution < -0.4 is 0 Å². The number of nitrogens with one attached hydrogen (secondary N) is 1. The third-order valence-corrected chi connectivity index (χ3v) is 7.54. The molecule has 38 heavy (non-hydrogen) atoms. The largest absolute Gasteiger partial charge is 0.364 e. The lowest BCUT2D eigenvalue weighted by atomic mass is 9.87. The van der Waals surface area contributed by atoms with E-state index in [0.717, 1.165) is 54.5 Å². The number of carbonyl (C=O) groups excluding carboxylic acids is 1. The number of pyridine rings is 1. The smallest absolute Gasteiger partial charge is 0.254 e. The van der Waals surface area contributed by atoms with Crippen molar-refractivity contribution in [3.63, 3.8) is 0 Å². The van der Waals surface area contributed by atoms with Gasteiger partial charge in [-0.1, -0.05) is 42.0 Å². The van der Waals surface area contributed by atoms with Crippen LogP contribution in [0.2, 0.25) is 0 Å². The molecular weight excluding hydrogens is 468 g/mol. The summed E-state index contributed by atoms with van der Waals surface area (Å²) < 4.78 is 0. The normalized spacial score (nSPS) is 14.4. The van der Waals surface area contributed by atoms with E-state index in [2.05, 4.69) is 86.1 Å². The van der Waals surface area contributed by atoms with Crippen LogP contribution in [-0.4, -0.2) is 50.8 Å². The monoisotopic (exact) mass is 506 g/mol. The highest BCUT2D eigenvalue weighted by molar-refractivity contribution is 5.98. The Labute approximate surface area is 226 Å². The highest BCUT2D eigenvalue weighted by Gasteiger charge is 2.23. The van der Waals surface area contributed by atoms with Crippen molar-refractivity contribution in [1.82, 2.24) is 19.8 Å². The first-order valence-electron chi connectivity index (χ1n) is 13.8. The Bertz CT molecular complexity index is 1390. The summed E-state index contributed by atoms with van der Waals surface area (Å²) in [6, 6.07) is 23.3. The van der Waals surface area contributed by atoms with Gasteiger partial charge in [-0.05, 0) is 82.0 Å². The van der Waals surface area contributed by atoms with Crippen LogP contribution in [0.3, 0.4) is 0 Å². The Morgan fingerprint density at radius 3 is 2.24 bits per heavy atom. The molecule has 3 heterocycles. The van der Waals surface area contributed by atoms with Gasteiger partial charge in [0.25, 0.3) is 5.91 Å². The molecule has 5 nitrogen and oxygen atoms in total. The molecule has 0 aliphatic carbocycles. The van der Waals surface area contributed by atoms with E-state index in [4.69, 9.17) is 4.98 Å². The Morgan fingerprint density at radius 1 is 0.895 bits per heavy atom. The van der Waals surface area contributed by atoms with Gasteiger partial charge in [-0.2, -0.15) is 0 Å². The van der Waals surface area contributed by atoms with Gasteiger partial charge in [0.05, 0.1) is 5.52 Å². The van der Waals surface area contributed by atoms with Gasteiger partial charge in [0.1, 0.15) is 0 Å². The maximum Gasteiger partial charge on any atom is 0.254 e. The molecule has 0 saturated carbocycles. The number of benzene rings is 2. The van der Waals surface area contributed by atoms with E-state index >= 15 is 0 Å². The summed E-state index contributed by atoms with van der Waals surface area (Å²) in [5, 5.41) is 1.14. The van der Waals surface area contributed by atoms with Crippen molar-refractivity contribution in [3.05, 3.63) is 107 Å². The van der Waals surface area contributed by atoms with Gasteiger partial charge in [-0.15, -0.1) is 0 Å². The first-order chi connectivity index (χ1) is 18.4. The Morgan fingerprint density at radius 2 is 1.58 bits per heavy atom. The van der Waals surface area contributed by atoms with Gasteiger partial charge < -0.3 is 9.88 Å². The van der Waals surface area contributed by atoms with Crippen molar-refractivity contribution >= 4 is 22.4 Å². The maximum absolute atomic E-state index is 13.3. The van der Waals surface area contributed by atoms with Crippen LogP contribution in [0.15, 0.2) is 84.7 Å². The summed E-state index contributed by atoms with van der Waals surface area (Å²) in [6.45, 7) is 11.3. The molecular formula is C33H38N4O. The van der Waals surface area contributed by atoms with E-state index in [0.29, 0.717) is 0 Å². The molecule has 0 atom stereocenters. The predicted octanol–water partition coefficient (Wildman–Crippen LogP) is 6.92. The van der Waals surface area contributed by atoms with Crippen molar-refractivity contribution < 1.29 is 4.79 Å². The molecule has 1 aliphatic heterocycles. The van der Waals surface area contributed by atoms with Crippen molar-refractivity contribution in [2.24, 2.45) is 0 Å². The van der Waals surface area contributed by atoms with Crippen LogP contribution in [0.5, 0.6) is 0 Å². The molecule has 1 fully saturated rings. The minimum atomic E-state index is 0.0835. The lowest BCUT2D eigenvalue weighted by Gasteiger charge is -2.31. The number of hydrogen-bond donors (Lipinski definition) is 1. The molecule has 0 spiro atoms. The molecule has 0 radical (unpaired) electrons. The van der Waals surface area contributed by atoms with E-state index in [-0.39, 0.29) is 18.0 Å². The zero-order valence-electron chi connectivity index (χ0n) is 22.9. The number of aromatic nitrogens is 2. The lowest BCUT2D eigenvalue weighted by molar-refractivity contribution is 0.0643. The minimum absolute atomic E-state index is 0.0835. The zero-order valence-corrected chi connectivity index (χ0v) is 22.9. The Hall–Kier alpha value is -3.70. The molecule has 1 saturated heterocycles. The van der Waals surface area contributed by atoms with Crippen molar-refractivity contribution in [2.45, 2.75) is 59.2 Å². The standard InChI is InChI=1S/C33H38N4O/c1-23(2)37(24(3)4)33(38)28-14-12-25(13-15-28)31(30-11-5-8-27-9-6-19-35-32(27)30)26-16-20-36(21-17-26)22-29-10-7-18-34-29/h5-15,18-19,23-24,34H,16-17,20-22H2,1-4H3. The number of aromatic amines is 1. The molecule has 4 aromatic rings. The third kappa shape index (κ3) is 5.44. The number of para-hydroxylation sites is 1. The second kappa shape index (κ2) is 11.4. The van der Waals surface area contributed by atoms with E-state index in [1.54, 1.807) is 0 Å². The number of rotatable bonds is 7. The first kappa shape index (κ1) is 25.9. The third-order valence-electron chi connectivity index (χ3n) is 7.54. The fourth-order valence-corrected chi connectivity index (χ4v) is 5.79. The first-order valence-corrected chi connectivity index (χ1v) is 13.8. The molecule has 2 aromatic carbocycles. The number of hydrogen-bond acceptors (Lipinski definition) is 3. The van der Waals surface area contributed by atoms with Crippen LogP contribution in [0.25, 0.3) is 16.5 Å². The molecule has 1 N–H and O–H groups in total. The Kier molecular flexibility index (Phi) is 7.75. The minimum Gasteiger partial charge on any atom is -0.364 e. The fraction of sp³-hybridized carbons (Fsp3) is 0.333. The van der Waals surface area contributed by atoms with Crippen LogP contribution >= 0.6 is 0 Å². The van der Waals surface area contributed by atoms with Crippen molar-refractivity contribution in [1.29, 1.82) is 0 Å². The quantitative estimate of drug-likeness (QED) is 0.296. The van der Waals surface area contributed by atoms with Crippen LogP contribution in [0, 0.1) is 0 Å². The molecule has 1 amide bonds. The van der Waals surface area contributed by atoms with Gasteiger partial charge in [-0.3, -0.25) is 14.7 Å². The average molecular weight is 507 g/mol. The van der Waals surface area contributed by atoms with Gasteiger partial charge in [-0.25, -0.2) is 0 Å². The van der Waals surface area contributed by atoms with E-state index in [9.17, 15) is 4.79 Å². The van der Waals surface area contributed by atoms with E-state index in [1.807, 2.05) is 35.5 Å².